The van der Waals surface area contributed by atoms with Gasteiger partial charge in [-0.1, -0.05) is 37.6 Å². The fourth-order valence-corrected chi connectivity index (χ4v) is 4.03. The maximum absolute atomic E-state index is 9.77. The zero-order chi connectivity index (χ0) is 22.1. The van der Waals surface area contributed by atoms with Gasteiger partial charge in [0.2, 0.25) is 0 Å². The molecule has 5 heteroatoms. The van der Waals surface area contributed by atoms with Gasteiger partial charge >= 0.3 is 0 Å². The van der Waals surface area contributed by atoms with Crippen LogP contribution < -0.4 is 9.47 Å². The number of aryl methyl sites for hydroxylation is 1. The van der Waals surface area contributed by atoms with Crippen LogP contribution in [0.4, 0.5) is 0 Å². The number of rotatable bonds is 10. The molecule has 1 aromatic heterocycles. The number of hydrogen-bond donors (Lipinski definition) is 0. The standard InChI is InChI=1S/C26H28N2O2S/c1-4-7-8-19-9-11-21(12-10-19)25-18-31-26(28-25)22(17-27)13-20-14-23(29-5-2)16-24(15-20)30-6-3/h9-16,18H,4-8H2,1-3H3/b22-13-. The molecular weight excluding hydrogens is 404 g/mol. The fraction of sp³-hybridized carbons (Fsp3) is 0.308. The fourth-order valence-electron chi connectivity index (χ4n) is 3.24. The zero-order valence-corrected chi connectivity index (χ0v) is 19.2. The van der Waals surface area contributed by atoms with Gasteiger partial charge in [0.25, 0.3) is 0 Å². The Kier molecular flexibility index (Phi) is 8.26. The third kappa shape index (κ3) is 6.19. The Hall–Kier alpha value is -3.10. The summed E-state index contributed by atoms with van der Waals surface area (Å²) >= 11 is 1.48. The van der Waals surface area contributed by atoms with Crippen LogP contribution in [-0.2, 0) is 6.42 Å². The molecule has 0 atom stereocenters. The minimum absolute atomic E-state index is 0.520. The minimum Gasteiger partial charge on any atom is -0.494 e. The molecule has 0 fully saturated rings. The summed E-state index contributed by atoms with van der Waals surface area (Å²) < 4.78 is 11.3. The first kappa shape index (κ1) is 22.6. The zero-order valence-electron chi connectivity index (χ0n) is 18.4. The lowest BCUT2D eigenvalue weighted by molar-refractivity contribution is 0.323. The summed E-state index contributed by atoms with van der Waals surface area (Å²) in [6.07, 6.45) is 5.33. The Balaban J connectivity index is 1.86. The number of nitriles is 1. The van der Waals surface area contributed by atoms with Crippen molar-refractivity contribution in [3.63, 3.8) is 0 Å². The largest absolute Gasteiger partial charge is 0.494 e. The first-order valence-electron chi connectivity index (χ1n) is 10.7. The molecule has 2 aromatic carbocycles. The summed E-state index contributed by atoms with van der Waals surface area (Å²) in [5.41, 5.74) is 4.67. The SMILES string of the molecule is CCCCc1ccc(-c2csc(/C(C#N)=C\c3cc(OCC)cc(OCC)c3)n2)cc1. The second kappa shape index (κ2) is 11.3. The number of hydrogen-bond acceptors (Lipinski definition) is 5. The summed E-state index contributed by atoms with van der Waals surface area (Å²) in [4.78, 5) is 4.72. The van der Waals surface area contributed by atoms with E-state index in [0.29, 0.717) is 23.8 Å². The maximum atomic E-state index is 9.77. The van der Waals surface area contributed by atoms with Crippen molar-refractivity contribution >= 4 is 23.0 Å². The van der Waals surface area contributed by atoms with Crippen molar-refractivity contribution in [1.82, 2.24) is 4.98 Å². The number of ether oxygens (including phenoxy) is 2. The minimum atomic E-state index is 0.520. The maximum Gasteiger partial charge on any atom is 0.134 e. The van der Waals surface area contributed by atoms with E-state index in [4.69, 9.17) is 14.5 Å². The lowest BCUT2D eigenvalue weighted by Crippen LogP contribution is -1.96. The summed E-state index contributed by atoms with van der Waals surface area (Å²) in [6.45, 7) is 7.22. The predicted molar refractivity (Wildman–Crippen MR) is 128 cm³/mol. The Labute approximate surface area is 188 Å². The lowest BCUT2D eigenvalue weighted by Gasteiger charge is -2.09. The summed E-state index contributed by atoms with van der Waals surface area (Å²) in [5.74, 6) is 1.44. The van der Waals surface area contributed by atoms with Crippen LogP contribution >= 0.6 is 11.3 Å². The molecule has 0 saturated carbocycles. The Bertz CT molecular complexity index is 1040. The molecule has 31 heavy (non-hydrogen) atoms. The van der Waals surface area contributed by atoms with Gasteiger partial charge in [-0.2, -0.15) is 5.26 Å². The molecule has 0 saturated heterocycles. The Morgan fingerprint density at radius 3 is 2.29 bits per heavy atom. The highest BCUT2D eigenvalue weighted by Crippen LogP contribution is 2.30. The van der Waals surface area contributed by atoms with Crippen LogP contribution in [0, 0.1) is 11.3 Å². The van der Waals surface area contributed by atoms with Crippen molar-refractivity contribution in [2.24, 2.45) is 0 Å². The number of nitrogens with zero attached hydrogens (tertiary/aromatic N) is 2. The van der Waals surface area contributed by atoms with E-state index in [1.165, 1.54) is 29.7 Å². The van der Waals surface area contributed by atoms with Crippen LogP contribution in [0.15, 0.2) is 47.8 Å². The van der Waals surface area contributed by atoms with Crippen molar-refractivity contribution in [3.8, 4) is 28.8 Å². The number of benzene rings is 2. The van der Waals surface area contributed by atoms with Crippen LogP contribution in [0.25, 0.3) is 22.9 Å². The Morgan fingerprint density at radius 2 is 1.71 bits per heavy atom. The van der Waals surface area contributed by atoms with Crippen LogP contribution in [0.5, 0.6) is 11.5 Å². The molecule has 0 aliphatic rings. The molecular formula is C26H28N2O2S. The van der Waals surface area contributed by atoms with Crippen molar-refractivity contribution in [2.45, 2.75) is 40.0 Å². The van der Waals surface area contributed by atoms with Gasteiger partial charge in [-0.25, -0.2) is 4.98 Å². The normalized spacial score (nSPS) is 11.2. The molecule has 3 rings (SSSR count). The topological polar surface area (TPSA) is 55.1 Å². The van der Waals surface area contributed by atoms with Crippen LogP contribution in [-0.4, -0.2) is 18.2 Å². The summed E-state index contributed by atoms with van der Waals surface area (Å²) in [7, 11) is 0. The second-order valence-corrected chi connectivity index (χ2v) is 7.97. The van der Waals surface area contributed by atoms with E-state index < -0.39 is 0 Å². The van der Waals surface area contributed by atoms with Gasteiger partial charge < -0.3 is 9.47 Å². The quantitative estimate of drug-likeness (QED) is 0.323. The smallest absolute Gasteiger partial charge is 0.134 e. The summed E-state index contributed by atoms with van der Waals surface area (Å²) in [5, 5.41) is 12.5. The first-order valence-corrected chi connectivity index (χ1v) is 11.6. The van der Waals surface area contributed by atoms with Gasteiger partial charge in [0.05, 0.1) is 24.5 Å². The van der Waals surface area contributed by atoms with E-state index in [-0.39, 0.29) is 0 Å². The molecule has 1 heterocycles. The molecule has 0 bridgehead atoms. The van der Waals surface area contributed by atoms with Gasteiger partial charge in [0.1, 0.15) is 22.6 Å². The number of allylic oxidation sites excluding steroid dienone is 1. The molecule has 160 valence electrons. The molecule has 0 amide bonds. The molecule has 0 radical (unpaired) electrons. The average Bonchev–Trinajstić information content (AvgIpc) is 3.27. The van der Waals surface area contributed by atoms with Crippen LogP contribution in [0.3, 0.4) is 0 Å². The molecule has 3 aromatic rings. The van der Waals surface area contributed by atoms with E-state index in [2.05, 4.69) is 37.3 Å². The van der Waals surface area contributed by atoms with Crippen LogP contribution in [0.1, 0.15) is 49.7 Å². The van der Waals surface area contributed by atoms with Gasteiger partial charge in [-0.05, 0) is 56.0 Å². The Morgan fingerprint density at radius 1 is 1.03 bits per heavy atom. The molecule has 0 N–H and O–H groups in total. The molecule has 0 unspecified atom stereocenters. The molecule has 0 aliphatic carbocycles. The molecule has 4 nitrogen and oxygen atoms in total. The van der Waals surface area contributed by atoms with Crippen LogP contribution in [0.2, 0.25) is 0 Å². The number of aromatic nitrogens is 1. The molecule has 0 spiro atoms. The van der Waals surface area contributed by atoms with E-state index >= 15 is 0 Å². The van der Waals surface area contributed by atoms with Crippen molar-refractivity contribution in [1.29, 1.82) is 5.26 Å². The second-order valence-electron chi connectivity index (χ2n) is 7.11. The van der Waals surface area contributed by atoms with Gasteiger partial charge in [-0.15, -0.1) is 11.3 Å². The van der Waals surface area contributed by atoms with E-state index in [1.807, 2.05) is 43.5 Å². The third-order valence-corrected chi connectivity index (χ3v) is 5.63. The van der Waals surface area contributed by atoms with Gasteiger partial charge in [0.15, 0.2) is 0 Å². The van der Waals surface area contributed by atoms with Gasteiger partial charge in [-0.3, -0.25) is 0 Å². The highest BCUT2D eigenvalue weighted by Gasteiger charge is 2.10. The molecule has 0 aliphatic heterocycles. The average molecular weight is 433 g/mol. The van der Waals surface area contributed by atoms with E-state index in [1.54, 1.807) is 0 Å². The highest BCUT2D eigenvalue weighted by molar-refractivity contribution is 7.11. The monoisotopic (exact) mass is 432 g/mol. The van der Waals surface area contributed by atoms with E-state index in [9.17, 15) is 5.26 Å². The van der Waals surface area contributed by atoms with E-state index in [0.717, 1.165) is 34.7 Å². The third-order valence-electron chi connectivity index (χ3n) is 4.76. The van der Waals surface area contributed by atoms with Crippen molar-refractivity contribution in [3.05, 3.63) is 64.0 Å². The van der Waals surface area contributed by atoms with Crippen molar-refractivity contribution in [2.75, 3.05) is 13.2 Å². The summed E-state index contributed by atoms with van der Waals surface area (Å²) in [6, 6.07) is 16.5. The lowest BCUT2D eigenvalue weighted by atomic mass is 10.1. The van der Waals surface area contributed by atoms with Gasteiger partial charge in [0, 0.05) is 17.0 Å². The number of unbranched alkanes of at least 4 members (excludes halogenated alkanes) is 1. The predicted octanol–water partition coefficient (Wildman–Crippen LogP) is 7.01. The first-order chi connectivity index (χ1) is 15.2. The highest BCUT2D eigenvalue weighted by atomic mass is 32.1. The number of thiazole rings is 1. The van der Waals surface area contributed by atoms with Crippen molar-refractivity contribution < 1.29 is 9.47 Å².